The number of rotatable bonds is 3. The van der Waals surface area contributed by atoms with E-state index in [1.807, 2.05) is 30.5 Å². The molecule has 3 aliphatic heterocycles. The molecular formula is C19H25N2O+. The molecule has 0 saturated carbocycles. The van der Waals surface area contributed by atoms with Gasteiger partial charge in [-0.1, -0.05) is 25.1 Å². The second-order valence-electron chi connectivity index (χ2n) is 7.03. The highest BCUT2D eigenvalue weighted by atomic mass is 16.3. The lowest BCUT2D eigenvalue weighted by Gasteiger charge is -2.48. The van der Waals surface area contributed by atoms with Gasteiger partial charge in [-0.2, -0.15) is 0 Å². The van der Waals surface area contributed by atoms with Crippen LogP contribution in [0, 0.1) is 11.8 Å². The van der Waals surface area contributed by atoms with Crippen LogP contribution in [-0.2, 0) is 0 Å². The zero-order chi connectivity index (χ0) is 15.1. The predicted molar refractivity (Wildman–Crippen MR) is 87.7 cm³/mol. The number of nitrogens with zero attached hydrogens (tertiary/aromatic N) is 1. The first-order valence-corrected chi connectivity index (χ1v) is 8.64. The number of quaternary nitrogens is 1. The molecule has 0 spiro atoms. The lowest BCUT2D eigenvalue weighted by Crippen LogP contribution is -3.20. The number of fused-ring (bicyclic) bond motifs is 4. The average molecular weight is 297 g/mol. The number of aliphatic hydroxyl groups excluding tert-OH is 1. The predicted octanol–water partition coefficient (Wildman–Crippen LogP) is 1.97. The molecule has 0 amide bonds. The van der Waals surface area contributed by atoms with Crippen LogP contribution in [-0.4, -0.2) is 29.2 Å². The molecule has 3 nitrogen and oxygen atoms in total. The molecule has 1 aromatic carbocycles. The Hall–Kier alpha value is -1.45. The molecule has 1 unspecified atom stereocenters. The molecule has 3 saturated heterocycles. The topological polar surface area (TPSA) is 37.6 Å². The number of benzene rings is 1. The van der Waals surface area contributed by atoms with Crippen LogP contribution in [0.2, 0.25) is 0 Å². The van der Waals surface area contributed by atoms with E-state index in [4.69, 9.17) is 0 Å². The fourth-order valence-corrected chi connectivity index (χ4v) is 4.77. The van der Waals surface area contributed by atoms with Gasteiger partial charge in [0.15, 0.2) is 0 Å². The van der Waals surface area contributed by atoms with Crippen LogP contribution in [0.1, 0.15) is 37.9 Å². The molecule has 5 rings (SSSR count). The Bertz CT molecular complexity index is 666. The molecule has 2 aromatic rings. The molecule has 3 heteroatoms. The van der Waals surface area contributed by atoms with Crippen molar-refractivity contribution in [2.45, 2.75) is 38.3 Å². The van der Waals surface area contributed by atoms with Crippen LogP contribution >= 0.6 is 0 Å². The van der Waals surface area contributed by atoms with Crippen molar-refractivity contribution < 1.29 is 10.0 Å². The van der Waals surface area contributed by atoms with Gasteiger partial charge in [0.05, 0.1) is 18.6 Å². The molecular weight excluding hydrogens is 272 g/mol. The van der Waals surface area contributed by atoms with Crippen molar-refractivity contribution in [3.63, 3.8) is 0 Å². The van der Waals surface area contributed by atoms with Gasteiger partial charge in [0, 0.05) is 30.3 Å². The Labute approximate surface area is 132 Å². The summed E-state index contributed by atoms with van der Waals surface area (Å²) in [6.07, 6.45) is 5.26. The van der Waals surface area contributed by atoms with Crippen molar-refractivity contribution in [1.82, 2.24) is 4.98 Å². The van der Waals surface area contributed by atoms with Crippen molar-refractivity contribution in [1.29, 1.82) is 0 Å². The minimum Gasteiger partial charge on any atom is -0.382 e. The van der Waals surface area contributed by atoms with Crippen LogP contribution < -0.4 is 4.90 Å². The number of pyridine rings is 1. The van der Waals surface area contributed by atoms with Crippen molar-refractivity contribution in [3.05, 3.63) is 42.1 Å². The van der Waals surface area contributed by atoms with E-state index in [0.717, 1.165) is 28.3 Å². The van der Waals surface area contributed by atoms with E-state index >= 15 is 0 Å². The Morgan fingerprint density at radius 2 is 2.18 bits per heavy atom. The van der Waals surface area contributed by atoms with Gasteiger partial charge < -0.3 is 10.0 Å². The summed E-state index contributed by atoms with van der Waals surface area (Å²) in [5.41, 5.74) is 2.04. The standard InChI is InChI=1S/C19H24N2O/c1-2-13-12-21-10-8-14(13)11-18(21)19(22)16-7-9-20-17-6-4-3-5-15(16)17/h3-7,9,13-14,18-19,22H,2,8,10-12H2,1H3/p+1/t13-,14-,18+,19-/m0/s1. The summed E-state index contributed by atoms with van der Waals surface area (Å²) in [6.45, 7) is 4.78. The normalized spacial score (nSPS) is 32.3. The van der Waals surface area contributed by atoms with Crippen LogP contribution in [0.5, 0.6) is 0 Å². The van der Waals surface area contributed by atoms with Crippen LogP contribution in [0.25, 0.3) is 10.9 Å². The molecule has 2 bridgehead atoms. The van der Waals surface area contributed by atoms with Crippen LogP contribution in [0.15, 0.2) is 36.5 Å². The summed E-state index contributed by atoms with van der Waals surface area (Å²) >= 11 is 0. The van der Waals surface area contributed by atoms with Crippen molar-refractivity contribution >= 4 is 10.9 Å². The number of nitrogens with one attached hydrogen (secondary N) is 1. The number of aromatic nitrogens is 1. The first-order valence-electron chi connectivity index (χ1n) is 8.64. The third kappa shape index (κ3) is 2.24. The lowest BCUT2D eigenvalue weighted by atomic mass is 9.72. The van der Waals surface area contributed by atoms with Gasteiger partial charge >= 0.3 is 0 Å². The quantitative estimate of drug-likeness (QED) is 0.909. The fraction of sp³-hybridized carbons (Fsp3) is 0.526. The summed E-state index contributed by atoms with van der Waals surface area (Å²) in [6, 6.07) is 10.5. The molecule has 3 fully saturated rings. The second-order valence-corrected chi connectivity index (χ2v) is 7.03. The van der Waals surface area contributed by atoms with Gasteiger partial charge in [-0.25, -0.2) is 0 Å². The van der Waals surface area contributed by atoms with E-state index < -0.39 is 0 Å². The summed E-state index contributed by atoms with van der Waals surface area (Å²) in [4.78, 5) is 6.04. The van der Waals surface area contributed by atoms with E-state index in [-0.39, 0.29) is 6.10 Å². The minimum absolute atomic E-state index is 0.354. The minimum atomic E-state index is -0.372. The smallest absolute Gasteiger partial charge is 0.131 e. The van der Waals surface area contributed by atoms with Crippen molar-refractivity contribution in [3.8, 4) is 0 Å². The molecule has 0 radical (unpaired) electrons. The zero-order valence-corrected chi connectivity index (χ0v) is 13.2. The largest absolute Gasteiger partial charge is 0.382 e. The van der Waals surface area contributed by atoms with Crippen LogP contribution in [0.3, 0.4) is 0 Å². The number of piperidine rings is 3. The van der Waals surface area contributed by atoms with Gasteiger partial charge in [0.1, 0.15) is 12.1 Å². The van der Waals surface area contributed by atoms with E-state index in [9.17, 15) is 5.11 Å². The monoisotopic (exact) mass is 297 g/mol. The third-order valence-electron chi connectivity index (χ3n) is 6.02. The summed E-state index contributed by atoms with van der Waals surface area (Å²) in [5.74, 6) is 1.68. The van der Waals surface area contributed by atoms with Crippen LogP contribution in [0.4, 0.5) is 0 Å². The average Bonchev–Trinajstić information content (AvgIpc) is 2.60. The number of para-hydroxylation sites is 1. The highest BCUT2D eigenvalue weighted by molar-refractivity contribution is 5.82. The molecule has 116 valence electrons. The van der Waals surface area contributed by atoms with Gasteiger partial charge in [0.2, 0.25) is 0 Å². The molecule has 0 aliphatic carbocycles. The summed E-state index contributed by atoms with van der Waals surface area (Å²) < 4.78 is 0. The summed E-state index contributed by atoms with van der Waals surface area (Å²) in [5, 5.41) is 12.2. The highest BCUT2D eigenvalue weighted by Crippen LogP contribution is 2.34. The van der Waals surface area contributed by atoms with Gasteiger partial charge in [-0.05, 0) is 30.0 Å². The van der Waals surface area contributed by atoms with E-state index in [1.165, 1.54) is 32.4 Å². The Kier molecular flexibility index (Phi) is 3.63. The van der Waals surface area contributed by atoms with Crippen molar-refractivity contribution in [2.24, 2.45) is 11.8 Å². The second kappa shape index (κ2) is 5.64. The van der Waals surface area contributed by atoms with E-state index in [1.54, 1.807) is 4.90 Å². The number of hydrogen-bond donors (Lipinski definition) is 2. The van der Waals surface area contributed by atoms with Gasteiger partial charge in [-0.15, -0.1) is 0 Å². The maximum atomic E-state index is 11.1. The SMILES string of the molecule is CC[C@H]1C[NH+]2CC[C@H]1C[C@@H]2[C@@H](O)c1ccnc2ccccc12. The Morgan fingerprint density at radius 1 is 1.32 bits per heavy atom. The highest BCUT2D eigenvalue weighted by Gasteiger charge is 2.46. The molecule has 5 atom stereocenters. The molecule has 1 aromatic heterocycles. The Morgan fingerprint density at radius 3 is 2.95 bits per heavy atom. The molecule has 2 N–H and O–H groups in total. The first-order chi connectivity index (χ1) is 10.8. The number of hydrogen-bond acceptors (Lipinski definition) is 2. The molecule has 3 aliphatic rings. The van der Waals surface area contributed by atoms with Gasteiger partial charge in [0.25, 0.3) is 0 Å². The van der Waals surface area contributed by atoms with E-state index in [2.05, 4.69) is 18.0 Å². The lowest BCUT2D eigenvalue weighted by molar-refractivity contribution is -0.950. The number of aliphatic hydroxyl groups is 1. The third-order valence-corrected chi connectivity index (χ3v) is 6.02. The molecule has 22 heavy (non-hydrogen) atoms. The summed E-state index contributed by atoms with van der Waals surface area (Å²) in [7, 11) is 0. The molecule has 4 heterocycles. The maximum absolute atomic E-state index is 11.1. The zero-order valence-electron chi connectivity index (χ0n) is 13.2. The first kappa shape index (κ1) is 14.2. The fourth-order valence-electron chi connectivity index (χ4n) is 4.77. The van der Waals surface area contributed by atoms with E-state index in [0.29, 0.717) is 6.04 Å². The van der Waals surface area contributed by atoms with Crippen molar-refractivity contribution in [2.75, 3.05) is 13.1 Å². The van der Waals surface area contributed by atoms with Gasteiger partial charge in [-0.3, -0.25) is 4.98 Å². The Balaban J connectivity index is 1.66. The maximum Gasteiger partial charge on any atom is 0.131 e.